The van der Waals surface area contributed by atoms with Crippen molar-refractivity contribution in [2.24, 2.45) is 23.7 Å². The number of cyclic esters (lactones) is 2. The lowest BCUT2D eigenvalue weighted by atomic mass is 9.82. The topological polar surface area (TPSA) is 195 Å². The minimum atomic E-state index is -1.38. The second-order valence-corrected chi connectivity index (χ2v) is 14.9. The molecular formula is C37H58O15. The lowest BCUT2D eigenvalue weighted by Gasteiger charge is -2.46. The predicted molar refractivity (Wildman–Crippen MR) is 183 cm³/mol. The van der Waals surface area contributed by atoms with Crippen molar-refractivity contribution in [1.82, 2.24) is 0 Å². The fourth-order valence-electron chi connectivity index (χ4n) is 7.68. The molecule has 15 heteroatoms. The van der Waals surface area contributed by atoms with Gasteiger partial charge in [-0.05, 0) is 52.5 Å². The summed E-state index contributed by atoms with van der Waals surface area (Å²) in [5.74, 6) is -2.58. The van der Waals surface area contributed by atoms with Gasteiger partial charge in [0, 0.05) is 44.5 Å². The first-order valence-corrected chi connectivity index (χ1v) is 18.2. The number of methoxy groups -OCH3 is 2. The number of hydrogen-bond donors (Lipinski definition) is 3. The fourth-order valence-corrected chi connectivity index (χ4v) is 7.68. The molecule has 0 bridgehead atoms. The number of aliphatic hydroxyl groups is 3. The minimum absolute atomic E-state index is 0.0242. The SMILES string of the molecule is COC1[C@H](OCC2CC(O)/C=C/C(=O)[C@H](C)CC(C)[C@H](OC3OC(C)C[C@@]4(OC(=O)O[C@@H]4C)[C@H]3O)C(C)/C=C/C(=O)O[C@@H]2C)O[C@H](C)C(O)[C@H]1OC. The molecular weight excluding hydrogens is 684 g/mol. The zero-order valence-electron chi connectivity index (χ0n) is 31.6. The van der Waals surface area contributed by atoms with Crippen LogP contribution < -0.4 is 0 Å². The van der Waals surface area contributed by atoms with E-state index in [0.29, 0.717) is 6.42 Å². The molecule has 0 aromatic rings. The monoisotopic (exact) mass is 742 g/mol. The predicted octanol–water partition coefficient (Wildman–Crippen LogP) is 2.61. The maximum atomic E-state index is 13.3. The average Bonchev–Trinajstić information content (AvgIpc) is 3.37. The van der Waals surface area contributed by atoms with Crippen LogP contribution in [0.5, 0.6) is 0 Å². The van der Waals surface area contributed by atoms with E-state index in [1.807, 2.05) is 13.8 Å². The number of ether oxygens (including phenoxy) is 9. The molecule has 3 N–H and O–H groups in total. The van der Waals surface area contributed by atoms with Gasteiger partial charge in [0.2, 0.25) is 0 Å². The Kier molecular flexibility index (Phi) is 14.8. The van der Waals surface area contributed by atoms with Crippen LogP contribution in [0.2, 0.25) is 0 Å². The number of carbonyl (C=O) groups is 3. The summed E-state index contributed by atoms with van der Waals surface area (Å²) in [7, 11) is 2.91. The molecule has 17 atom stereocenters. The molecule has 8 unspecified atom stereocenters. The van der Waals surface area contributed by atoms with Gasteiger partial charge >= 0.3 is 12.1 Å². The van der Waals surface area contributed by atoms with Gasteiger partial charge in [-0.25, -0.2) is 9.59 Å². The van der Waals surface area contributed by atoms with Crippen molar-refractivity contribution < 1.29 is 72.3 Å². The van der Waals surface area contributed by atoms with E-state index in [-0.39, 0.29) is 31.1 Å². The van der Waals surface area contributed by atoms with Crippen LogP contribution >= 0.6 is 0 Å². The second-order valence-electron chi connectivity index (χ2n) is 14.9. The van der Waals surface area contributed by atoms with Gasteiger partial charge in [-0.2, -0.15) is 0 Å². The van der Waals surface area contributed by atoms with Gasteiger partial charge in [0.25, 0.3) is 0 Å². The quantitative estimate of drug-likeness (QED) is 0.322. The van der Waals surface area contributed by atoms with Crippen molar-refractivity contribution >= 4 is 17.9 Å². The van der Waals surface area contributed by atoms with Crippen molar-refractivity contribution in [2.75, 3.05) is 20.8 Å². The number of allylic oxidation sites excluding steroid dienone is 1. The third kappa shape index (κ3) is 9.79. The Balaban J connectivity index is 1.55. The van der Waals surface area contributed by atoms with Gasteiger partial charge in [-0.3, -0.25) is 4.79 Å². The van der Waals surface area contributed by atoms with Crippen molar-refractivity contribution in [3.05, 3.63) is 24.3 Å². The highest BCUT2D eigenvalue weighted by molar-refractivity contribution is 5.91. The van der Waals surface area contributed by atoms with E-state index in [1.54, 1.807) is 40.7 Å². The Morgan fingerprint density at radius 2 is 1.50 bits per heavy atom. The summed E-state index contributed by atoms with van der Waals surface area (Å²) in [6, 6.07) is 0. The summed E-state index contributed by atoms with van der Waals surface area (Å²) in [6.45, 7) is 12.3. The van der Waals surface area contributed by atoms with Gasteiger partial charge in [0.05, 0.1) is 31.0 Å². The average molecular weight is 743 g/mol. The summed E-state index contributed by atoms with van der Waals surface area (Å²) in [6.07, 6.45) is -4.75. The second kappa shape index (κ2) is 18.2. The molecule has 3 fully saturated rings. The highest BCUT2D eigenvalue weighted by Gasteiger charge is 2.61. The Morgan fingerprint density at radius 1 is 0.808 bits per heavy atom. The Morgan fingerprint density at radius 3 is 2.13 bits per heavy atom. The number of rotatable bonds is 7. The van der Waals surface area contributed by atoms with E-state index < -0.39 is 109 Å². The van der Waals surface area contributed by atoms with Crippen LogP contribution in [0.3, 0.4) is 0 Å². The number of aliphatic hydroxyl groups excluding tert-OH is 3. The summed E-state index contributed by atoms with van der Waals surface area (Å²) in [5, 5.41) is 33.0. The molecule has 0 aliphatic carbocycles. The number of ketones is 1. The van der Waals surface area contributed by atoms with Crippen molar-refractivity contribution in [1.29, 1.82) is 0 Å². The first-order chi connectivity index (χ1) is 24.5. The molecule has 4 aliphatic rings. The normalized spacial score (nSPS) is 46.7. The van der Waals surface area contributed by atoms with Gasteiger partial charge in [-0.15, -0.1) is 0 Å². The number of hydrogen-bond acceptors (Lipinski definition) is 15. The highest BCUT2D eigenvalue weighted by Crippen LogP contribution is 2.42. The van der Waals surface area contributed by atoms with E-state index in [9.17, 15) is 29.7 Å². The molecule has 0 saturated carbocycles. The smallest absolute Gasteiger partial charge is 0.459 e. The molecule has 0 radical (unpaired) electrons. The third-order valence-electron chi connectivity index (χ3n) is 10.9. The summed E-state index contributed by atoms with van der Waals surface area (Å²) in [4.78, 5) is 38.5. The standard InChI is InChI=1S/C37H58O15/c1-18-10-13-28(40)48-22(5)25(17-46-34-32(45-9)31(44-8)29(41)23(6)49-34)15-26(38)11-12-27(39)19(2)14-20(3)30(18)51-35-33(42)37(16-21(4)47-35)24(7)50-36(43)52-37/h10-13,18-26,29-35,38,41-42H,14-17H2,1-9H3/b12-11+,13-10+/t18?,19-,20?,21?,22-,23-,24-,25?,26?,29?,30-,31-,32?,33+,34-,35?,37+/m1/s1. The molecule has 3 saturated heterocycles. The molecule has 296 valence electrons. The third-order valence-corrected chi connectivity index (χ3v) is 10.9. The van der Waals surface area contributed by atoms with Crippen LogP contribution in [0.25, 0.3) is 0 Å². The first kappa shape index (κ1) is 42.3. The van der Waals surface area contributed by atoms with Crippen LogP contribution in [0.4, 0.5) is 4.79 Å². The van der Waals surface area contributed by atoms with Gasteiger partial charge in [0.15, 0.2) is 24.0 Å². The highest BCUT2D eigenvalue weighted by atomic mass is 16.8. The van der Waals surface area contributed by atoms with Gasteiger partial charge in [0.1, 0.15) is 36.6 Å². The summed E-state index contributed by atoms with van der Waals surface area (Å²) in [5.41, 5.74) is -1.37. The van der Waals surface area contributed by atoms with Crippen molar-refractivity contribution in [2.45, 2.75) is 147 Å². The van der Waals surface area contributed by atoms with E-state index in [2.05, 4.69) is 0 Å². The van der Waals surface area contributed by atoms with Crippen LogP contribution in [0.1, 0.15) is 67.7 Å². The van der Waals surface area contributed by atoms with E-state index in [0.717, 1.165) is 0 Å². The molecule has 15 nitrogen and oxygen atoms in total. The zero-order chi connectivity index (χ0) is 38.5. The first-order valence-electron chi connectivity index (χ1n) is 18.2. The van der Waals surface area contributed by atoms with Gasteiger partial charge < -0.3 is 58.0 Å². The molecule has 4 heterocycles. The van der Waals surface area contributed by atoms with Crippen molar-refractivity contribution in [3.63, 3.8) is 0 Å². The summed E-state index contributed by atoms with van der Waals surface area (Å²) >= 11 is 0. The van der Waals surface area contributed by atoms with Crippen LogP contribution in [0, 0.1) is 23.7 Å². The molecule has 4 rings (SSSR count). The summed E-state index contributed by atoms with van der Waals surface area (Å²) < 4.78 is 52.0. The van der Waals surface area contributed by atoms with E-state index >= 15 is 0 Å². The van der Waals surface area contributed by atoms with Crippen LogP contribution in [0.15, 0.2) is 24.3 Å². The zero-order valence-corrected chi connectivity index (χ0v) is 31.6. The lowest BCUT2D eigenvalue weighted by molar-refractivity contribution is -0.308. The van der Waals surface area contributed by atoms with Crippen LogP contribution in [-0.2, 0) is 52.2 Å². The fraction of sp³-hybridized carbons (Fsp3) is 0.811. The number of carbonyl (C=O) groups excluding carboxylic acids is 3. The molecule has 1 spiro atoms. The largest absolute Gasteiger partial charge is 0.509 e. The molecule has 0 amide bonds. The van der Waals surface area contributed by atoms with Crippen LogP contribution in [-0.4, -0.2) is 133 Å². The Labute approximate surface area is 305 Å². The minimum Gasteiger partial charge on any atom is -0.459 e. The molecule has 4 aliphatic heterocycles. The maximum Gasteiger partial charge on any atom is 0.509 e. The molecule has 0 aromatic carbocycles. The van der Waals surface area contributed by atoms with Gasteiger partial charge in [-0.1, -0.05) is 32.9 Å². The molecule has 0 aromatic heterocycles. The van der Waals surface area contributed by atoms with E-state index in [4.69, 9.17) is 42.6 Å². The lowest BCUT2D eigenvalue weighted by Crippen LogP contribution is -2.62. The van der Waals surface area contributed by atoms with Crippen molar-refractivity contribution in [3.8, 4) is 0 Å². The molecule has 52 heavy (non-hydrogen) atoms. The van der Waals surface area contributed by atoms with E-state index in [1.165, 1.54) is 32.4 Å². The maximum absolute atomic E-state index is 13.3. The Hall–Kier alpha value is -2.47. The number of esters is 1. The Bertz CT molecular complexity index is 1270.